The average Bonchev–Trinajstić information content (AvgIpc) is 2.46. The van der Waals surface area contributed by atoms with E-state index in [4.69, 9.17) is 40.5 Å². The lowest BCUT2D eigenvalue weighted by molar-refractivity contribution is -0.126. The molecule has 3 nitrogen and oxygen atoms in total. The van der Waals surface area contributed by atoms with Crippen molar-refractivity contribution in [3.8, 4) is 0 Å². The first-order valence-corrected chi connectivity index (χ1v) is 7.41. The molecule has 2 aromatic carbocycles. The van der Waals surface area contributed by atoms with Gasteiger partial charge >= 0.3 is 0 Å². The molecule has 1 fully saturated rings. The highest BCUT2D eigenvalue weighted by atomic mass is 35.5. The second-order valence-corrected chi connectivity index (χ2v) is 6.08. The minimum Gasteiger partial charge on any atom is -0.318 e. The molecule has 0 aliphatic carbocycles. The molecule has 1 saturated heterocycles. The van der Waals surface area contributed by atoms with Crippen molar-refractivity contribution in [2.24, 2.45) is 5.73 Å². The van der Waals surface area contributed by atoms with Crippen LogP contribution in [0.5, 0.6) is 0 Å². The number of anilines is 1. The molecule has 0 bridgehead atoms. The first-order chi connectivity index (χ1) is 9.99. The molecule has 1 amide bonds. The van der Waals surface area contributed by atoms with Gasteiger partial charge < -0.3 is 10.6 Å². The number of benzene rings is 2. The Balaban J connectivity index is 2.00. The molecule has 108 valence electrons. The number of nitrogens with zero attached hydrogens (tertiary/aromatic N) is 1. The molecular formula is C15H11Cl3N2O. The fraction of sp³-hybridized carbons (Fsp3) is 0.133. The van der Waals surface area contributed by atoms with E-state index in [1.165, 1.54) is 0 Å². The van der Waals surface area contributed by atoms with Gasteiger partial charge in [0.2, 0.25) is 5.91 Å². The van der Waals surface area contributed by atoms with Crippen LogP contribution in [0.1, 0.15) is 11.6 Å². The second kappa shape index (κ2) is 5.50. The second-order valence-electron chi connectivity index (χ2n) is 4.83. The van der Waals surface area contributed by atoms with Gasteiger partial charge in [-0.2, -0.15) is 0 Å². The Labute approximate surface area is 137 Å². The zero-order valence-corrected chi connectivity index (χ0v) is 13.0. The molecule has 3 rings (SSSR count). The Kier molecular flexibility index (Phi) is 3.84. The van der Waals surface area contributed by atoms with Crippen molar-refractivity contribution in [2.45, 2.75) is 12.1 Å². The van der Waals surface area contributed by atoms with E-state index in [1.807, 2.05) is 18.2 Å². The summed E-state index contributed by atoms with van der Waals surface area (Å²) in [7, 11) is 0. The minimum absolute atomic E-state index is 0.154. The highest BCUT2D eigenvalue weighted by Crippen LogP contribution is 2.40. The molecule has 2 aromatic rings. The summed E-state index contributed by atoms with van der Waals surface area (Å²) in [5, 5.41) is 1.44. The quantitative estimate of drug-likeness (QED) is 0.837. The Hall–Kier alpha value is -1.26. The molecule has 1 heterocycles. The van der Waals surface area contributed by atoms with E-state index < -0.39 is 6.04 Å². The molecular weight excluding hydrogens is 331 g/mol. The Morgan fingerprint density at radius 1 is 1.00 bits per heavy atom. The summed E-state index contributed by atoms with van der Waals surface area (Å²) in [5.74, 6) is -0.154. The highest BCUT2D eigenvalue weighted by Gasteiger charge is 2.46. The molecule has 0 spiro atoms. The van der Waals surface area contributed by atoms with Crippen LogP contribution >= 0.6 is 34.8 Å². The lowest BCUT2D eigenvalue weighted by Gasteiger charge is -2.45. The number of carbonyl (C=O) groups is 1. The lowest BCUT2D eigenvalue weighted by atomic mass is 9.88. The molecule has 21 heavy (non-hydrogen) atoms. The van der Waals surface area contributed by atoms with Gasteiger partial charge in [-0.3, -0.25) is 4.79 Å². The lowest BCUT2D eigenvalue weighted by Crippen LogP contribution is -2.63. The maximum absolute atomic E-state index is 12.1. The van der Waals surface area contributed by atoms with Crippen molar-refractivity contribution in [3.05, 3.63) is 63.1 Å². The molecule has 1 aliphatic rings. The maximum atomic E-state index is 12.1. The van der Waals surface area contributed by atoms with Crippen molar-refractivity contribution in [1.29, 1.82) is 0 Å². The van der Waals surface area contributed by atoms with Crippen LogP contribution in [0.2, 0.25) is 15.1 Å². The van der Waals surface area contributed by atoms with Crippen LogP contribution in [0, 0.1) is 0 Å². The summed E-state index contributed by atoms with van der Waals surface area (Å²) in [6.07, 6.45) is 0. The van der Waals surface area contributed by atoms with Crippen molar-refractivity contribution in [2.75, 3.05) is 4.90 Å². The van der Waals surface area contributed by atoms with Gasteiger partial charge in [-0.15, -0.1) is 0 Å². The fourth-order valence-electron chi connectivity index (χ4n) is 2.48. The van der Waals surface area contributed by atoms with Gasteiger partial charge in [-0.05, 0) is 35.9 Å². The van der Waals surface area contributed by atoms with E-state index in [0.29, 0.717) is 20.8 Å². The van der Waals surface area contributed by atoms with Gasteiger partial charge in [0.05, 0.1) is 16.1 Å². The van der Waals surface area contributed by atoms with E-state index in [2.05, 4.69) is 0 Å². The van der Waals surface area contributed by atoms with Crippen LogP contribution in [0.4, 0.5) is 5.69 Å². The number of amides is 1. The molecule has 1 aliphatic heterocycles. The Morgan fingerprint density at radius 2 is 1.76 bits per heavy atom. The number of β-lactam (4-membered cyclic amide) rings is 1. The number of halogens is 3. The number of hydrogen-bond acceptors (Lipinski definition) is 2. The summed E-state index contributed by atoms with van der Waals surface area (Å²) in [6.45, 7) is 0. The zero-order valence-electron chi connectivity index (χ0n) is 10.8. The molecule has 2 N–H and O–H groups in total. The first kappa shape index (κ1) is 14.7. The van der Waals surface area contributed by atoms with Crippen molar-refractivity contribution in [3.63, 3.8) is 0 Å². The third-order valence-corrected chi connectivity index (χ3v) is 4.49. The number of nitrogens with two attached hydrogens (primary N) is 1. The van der Waals surface area contributed by atoms with Crippen LogP contribution in [0.3, 0.4) is 0 Å². The predicted octanol–water partition coefficient (Wildman–Crippen LogP) is 4.06. The van der Waals surface area contributed by atoms with E-state index >= 15 is 0 Å². The van der Waals surface area contributed by atoms with Crippen LogP contribution < -0.4 is 10.6 Å². The van der Waals surface area contributed by atoms with Gasteiger partial charge in [0.25, 0.3) is 0 Å². The highest BCUT2D eigenvalue weighted by molar-refractivity contribution is 6.42. The van der Waals surface area contributed by atoms with Gasteiger partial charge in [0, 0.05) is 10.7 Å². The van der Waals surface area contributed by atoms with Crippen molar-refractivity contribution in [1.82, 2.24) is 0 Å². The van der Waals surface area contributed by atoms with E-state index in [-0.39, 0.29) is 11.9 Å². The summed E-state index contributed by atoms with van der Waals surface area (Å²) < 4.78 is 0. The van der Waals surface area contributed by atoms with Gasteiger partial charge in [-0.25, -0.2) is 0 Å². The number of hydrogen-bond donors (Lipinski definition) is 1. The average molecular weight is 342 g/mol. The van der Waals surface area contributed by atoms with Crippen LogP contribution in [0.15, 0.2) is 42.5 Å². The van der Waals surface area contributed by atoms with Crippen molar-refractivity contribution >= 4 is 46.4 Å². The standard InChI is InChI=1S/C15H11Cl3N2O/c16-9-3-1-2-8(6-9)14-13(19)15(21)20(14)10-4-5-11(17)12(18)7-10/h1-7,13-14H,19H2/t13-,14+/m0/s1. The monoisotopic (exact) mass is 340 g/mol. The Morgan fingerprint density at radius 3 is 2.43 bits per heavy atom. The largest absolute Gasteiger partial charge is 0.318 e. The van der Waals surface area contributed by atoms with E-state index in [9.17, 15) is 4.79 Å². The normalized spacial score (nSPS) is 21.3. The Bertz CT molecular complexity index is 720. The zero-order chi connectivity index (χ0) is 15.1. The van der Waals surface area contributed by atoms with Crippen molar-refractivity contribution < 1.29 is 4.79 Å². The minimum atomic E-state index is -0.585. The summed E-state index contributed by atoms with van der Waals surface area (Å²) >= 11 is 17.9. The van der Waals surface area contributed by atoms with Crippen LogP contribution in [-0.4, -0.2) is 11.9 Å². The smallest absolute Gasteiger partial charge is 0.247 e. The maximum Gasteiger partial charge on any atom is 0.247 e. The summed E-state index contributed by atoms with van der Waals surface area (Å²) in [6, 6.07) is 11.5. The molecule has 0 saturated carbocycles. The molecule has 6 heteroatoms. The molecule has 0 unspecified atom stereocenters. The topological polar surface area (TPSA) is 46.3 Å². The van der Waals surface area contributed by atoms with Gasteiger partial charge in [0.1, 0.15) is 6.04 Å². The van der Waals surface area contributed by atoms with Gasteiger partial charge in [-0.1, -0.05) is 46.9 Å². The third-order valence-electron chi connectivity index (χ3n) is 3.51. The van der Waals surface area contributed by atoms with Crippen LogP contribution in [0.25, 0.3) is 0 Å². The number of rotatable bonds is 2. The van der Waals surface area contributed by atoms with Gasteiger partial charge in [0.15, 0.2) is 0 Å². The molecule has 0 radical (unpaired) electrons. The summed E-state index contributed by atoms with van der Waals surface area (Å²) in [5.41, 5.74) is 7.51. The first-order valence-electron chi connectivity index (χ1n) is 6.28. The number of carbonyl (C=O) groups excluding carboxylic acids is 1. The van der Waals surface area contributed by atoms with E-state index in [1.54, 1.807) is 29.2 Å². The van der Waals surface area contributed by atoms with Crippen LogP contribution in [-0.2, 0) is 4.79 Å². The van der Waals surface area contributed by atoms with E-state index in [0.717, 1.165) is 5.56 Å². The molecule has 2 atom stereocenters. The molecule has 0 aromatic heterocycles. The fourth-order valence-corrected chi connectivity index (χ4v) is 2.97. The third kappa shape index (κ3) is 2.51. The summed E-state index contributed by atoms with van der Waals surface area (Å²) in [4.78, 5) is 13.7. The predicted molar refractivity (Wildman–Crippen MR) is 86.1 cm³/mol. The SMILES string of the molecule is N[C@@H]1C(=O)N(c2ccc(Cl)c(Cl)c2)[C@@H]1c1cccc(Cl)c1.